The van der Waals surface area contributed by atoms with Gasteiger partial charge in [0, 0.05) is 38.8 Å². The van der Waals surface area contributed by atoms with Crippen LogP contribution in [-0.2, 0) is 17.8 Å². The van der Waals surface area contributed by atoms with E-state index in [2.05, 4.69) is 34.1 Å². The zero-order valence-electron chi connectivity index (χ0n) is 16.0. The van der Waals surface area contributed by atoms with Crippen LogP contribution in [0.1, 0.15) is 30.4 Å². The van der Waals surface area contributed by atoms with Crippen LogP contribution >= 0.6 is 0 Å². The largest absolute Gasteiger partial charge is 0.464 e. The molecule has 28 heavy (non-hydrogen) atoms. The van der Waals surface area contributed by atoms with Gasteiger partial charge in [-0.2, -0.15) is 0 Å². The predicted octanol–water partition coefficient (Wildman–Crippen LogP) is 4.02. The standard InChI is InChI=1S/C23H25N3O2/c27-22(26-13-8-18-3-1-2-4-19(18)16-26)15-17-6-11-25(12-7-17)23-20-9-14-28-21(20)5-10-24-23/h1-5,9-10,14,17H,6-8,11-13,15-16H2. The van der Waals surface area contributed by atoms with Gasteiger partial charge in [-0.25, -0.2) is 4.98 Å². The van der Waals surface area contributed by atoms with Crippen LogP contribution in [-0.4, -0.2) is 35.4 Å². The number of anilines is 1. The molecule has 0 aliphatic carbocycles. The van der Waals surface area contributed by atoms with Crippen molar-refractivity contribution in [3.8, 4) is 0 Å². The normalized spacial score (nSPS) is 17.7. The first-order valence-electron chi connectivity index (χ1n) is 10.2. The van der Waals surface area contributed by atoms with E-state index in [0.29, 0.717) is 18.2 Å². The molecule has 0 atom stereocenters. The van der Waals surface area contributed by atoms with E-state index in [9.17, 15) is 4.79 Å². The molecule has 2 aliphatic rings. The van der Waals surface area contributed by atoms with E-state index >= 15 is 0 Å². The van der Waals surface area contributed by atoms with Crippen LogP contribution in [0.4, 0.5) is 5.82 Å². The molecule has 0 spiro atoms. The number of rotatable bonds is 3. The van der Waals surface area contributed by atoms with Crippen LogP contribution in [0.25, 0.3) is 11.0 Å². The van der Waals surface area contributed by atoms with Crippen LogP contribution in [0.2, 0.25) is 0 Å². The Labute approximate surface area is 165 Å². The zero-order valence-corrected chi connectivity index (χ0v) is 16.0. The predicted molar refractivity (Wildman–Crippen MR) is 109 cm³/mol. The molecule has 1 aromatic carbocycles. The van der Waals surface area contributed by atoms with Gasteiger partial charge in [0.2, 0.25) is 5.91 Å². The topological polar surface area (TPSA) is 49.6 Å². The first kappa shape index (κ1) is 17.3. The van der Waals surface area contributed by atoms with Crippen molar-refractivity contribution in [1.82, 2.24) is 9.88 Å². The molecule has 0 N–H and O–H groups in total. The lowest BCUT2D eigenvalue weighted by molar-refractivity contribution is -0.133. The second-order valence-corrected chi connectivity index (χ2v) is 7.94. The van der Waals surface area contributed by atoms with Gasteiger partial charge in [0.05, 0.1) is 11.6 Å². The highest BCUT2D eigenvalue weighted by atomic mass is 16.3. The number of hydrogen-bond donors (Lipinski definition) is 0. The van der Waals surface area contributed by atoms with Crippen molar-refractivity contribution in [2.24, 2.45) is 5.92 Å². The van der Waals surface area contributed by atoms with Gasteiger partial charge < -0.3 is 14.2 Å². The Bertz CT molecular complexity index is 988. The average Bonchev–Trinajstić information content (AvgIpc) is 3.23. The second kappa shape index (κ2) is 7.30. The minimum absolute atomic E-state index is 0.308. The molecule has 144 valence electrons. The number of pyridine rings is 1. The summed E-state index contributed by atoms with van der Waals surface area (Å²) in [5, 5.41) is 1.07. The van der Waals surface area contributed by atoms with Crippen LogP contribution in [0, 0.1) is 5.92 Å². The number of furan rings is 1. The summed E-state index contributed by atoms with van der Waals surface area (Å²) in [5.74, 6) is 1.77. The van der Waals surface area contributed by atoms with Gasteiger partial charge in [-0.15, -0.1) is 0 Å². The van der Waals surface area contributed by atoms with E-state index in [1.807, 2.05) is 23.2 Å². The van der Waals surface area contributed by atoms with Crippen molar-refractivity contribution in [1.29, 1.82) is 0 Å². The fraction of sp³-hybridized carbons (Fsp3) is 0.391. The maximum absolute atomic E-state index is 12.9. The molecule has 2 aliphatic heterocycles. The second-order valence-electron chi connectivity index (χ2n) is 7.94. The lowest BCUT2D eigenvalue weighted by Crippen LogP contribution is -2.39. The molecule has 0 radical (unpaired) electrons. The quantitative estimate of drug-likeness (QED) is 0.694. The number of carbonyl (C=O) groups excluding carboxylic acids is 1. The maximum Gasteiger partial charge on any atom is 0.223 e. The number of amides is 1. The fourth-order valence-electron chi connectivity index (χ4n) is 4.57. The number of nitrogens with zero attached hydrogens (tertiary/aromatic N) is 3. The third-order valence-electron chi connectivity index (χ3n) is 6.22. The molecular formula is C23H25N3O2. The highest BCUT2D eigenvalue weighted by Gasteiger charge is 2.27. The van der Waals surface area contributed by atoms with Gasteiger partial charge in [-0.05, 0) is 48.4 Å². The molecule has 2 aromatic heterocycles. The number of piperidine rings is 1. The van der Waals surface area contributed by atoms with Crippen molar-refractivity contribution in [3.05, 3.63) is 60.0 Å². The molecule has 0 saturated carbocycles. The van der Waals surface area contributed by atoms with E-state index in [-0.39, 0.29) is 0 Å². The molecule has 1 saturated heterocycles. The molecule has 5 nitrogen and oxygen atoms in total. The van der Waals surface area contributed by atoms with Crippen molar-refractivity contribution in [3.63, 3.8) is 0 Å². The van der Waals surface area contributed by atoms with E-state index in [1.54, 1.807) is 6.26 Å². The third kappa shape index (κ3) is 3.26. The molecule has 1 fully saturated rings. The third-order valence-corrected chi connectivity index (χ3v) is 6.22. The first-order valence-corrected chi connectivity index (χ1v) is 10.2. The minimum Gasteiger partial charge on any atom is -0.464 e. The van der Waals surface area contributed by atoms with E-state index in [4.69, 9.17) is 4.42 Å². The Hall–Kier alpha value is -2.82. The smallest absolute Gasteiger partial charge is 0.223 e. The van der Waals surface area contributed by atoms with Crippen LogP contribution in [0.5, 0.6) is 0 Å². The summed E-state index contributed by atoms with van der Waals surface area (Å²) >= 11 is 0. The molecule has 0 unspecified atom stereocenters. The van der Waals surface area contributed by atoms with Gasteiger partial charge in [0.15, 0.2) is 0 Å². The summed E-state index contributed by atoms with van der Waals surface area (Å²) in [5.41, 5.74) is 3.57. The van der Waals surface area contributed by atoms with Gasteiger partial charge in [0.1, 0.15) is 11.4 Å². The zero-order chi connectivity index (χ0) is 18.9. The van der Waals surface area contributed by atoms with Gasteiger partial charge in [-0.1, -0.05) is 24.3 Å². The minimum atomic E-state index is 0.308. The summed E-state index contributed by atoms with van der Waals surface area (Å²) in [7, 11) is 0. The first-order chi connectivity index (χ1) is 13.8. The van der Waals surface area contributed by atoms with Gasteiger partial charge in [-0.3, -0.25) is 4.79 Å². The fourth-order valence-corrected chi connectivity index (χ4v) is 4.57. The van der Waals surface area contributed by atoms with E-state index < -0.39 is 0 Å². The monoisotopic (exact) mass is 375 g/mol. The summed E-state index contributed by atoms with van der Waals surface area (Å²) in [6, 6.07) is 12.4. The molecule has 5 rings (SSSR count). The van der Waals surface area contributed by atoms with Crippen molar-refractivity contribution in [2.75, 3.05) is 24.5 Å². The van der Waals surface area contributed by atoms with Crippen molar-refractivity contribution >= 4 is 22.7 Å². The maximum atomic E-state index is 12.9. The number of hydrogen-bond acceptors (Lipinski definition) is 4. The van der Waals surface area contributed by atoms with Gasteiger partial charge >= 0.3 is 0 Å². The molecular weight excluding hydrogens is 350 g/mol. The van der Waals surface area contributed by atoms with Crippen molar-refractivity contribution in [2.45, 2.75) is 32.2 Å². The van der Waals surface area contributed by atoms with Crippen molar-refractivity contribution < 1.29 is 9.21 Å². The Kier molecular flexibility index (Phi) is 4.51. The molecule has 1 amide bonds. The summed E-state index contributed by atoms with van der Waals surface area (Å²) in [6.07, 6.45) is 7.24. The number of benzene rings is 1. The summed E-state index contributed by atoms with van der Waals surface area (Å²) < 4.78 is 5.50. The Morgan fingerprint density at radius 1 is 1.07 bits per heavy atom. The average molecular weight is 375 g/mol. The highest BCUT2D eigenvalue weighted by Crippen LogP contribution is 2.30. The van der Waals surface area contributed by atoms with Crippen LogP contribution in [0.3, 0.4) is 0 Å². The molecule has 4 heterocycles. The van der Waals surface area contributed by atoms with Gasteiger partial charge in [0.25, 0.3) is 0 Å². The van der Waals surface area contributed by atoms with Crippen LogP contribution < -0.4 is 4.90 Å². The lowest BCUT2D eigenvalue weighted by Gasteiger charge is -2.34. The Morgan fingerprint density at radius 2 is 1.89 bits per heavy atom. The number of carbonyl (C=O) groups is 1. The number of fused-ring (bicyclic) bond motifs is 2. The Morgan fingerprint density at radius 3 is 2.75 bits per heavy atom. The van der Waals surface area contributed by atoms with E-state index in [0.717, 1.165) is 62.2 Å². The highest BCUT2D eigenvalue weighted by molar-refractivity contribution is 5.88. The number of aromatic nitrogens is 1. The van der Waals surface area contributed by atoms with Crippen LogP contribution in [0.15, 0.2) is 53.3 Å². The molecule has 5 heteroatoms. The Balaban J connectivity index is 1.19. The lowest BCUT2D eigenvalue weighted by atomic mass is 9.92. The SMILES string of the molecule is O=C(CC1CCN(c2nccc3occc23)CC1)N1CCc2ccccc2C1. The summed E-state index contributed by atoms with van der Waals surface area (Å²) in [4.78, 5) is 21.8. The summed E-state index contributed by atoms with van der Waals surface area (Å²) in [6.45, 7) is 3.50. The van der Waals surface area contributed by atoms with E-state index in [1.165, 1.54) is 11.1 Å². The molecule has 3 aromatic rings. The molecule has 0 bridgehead atoms.